The van der Waals surface area contributed by atoms with Gasteiger partial charge in [0.1, 0.15) is 12.6 Å². The molecule has 1 atom stereocenters. The van der Waals surface area contributed by atoms with E-state index in [0.29, 0.717) is 0 Å². The zero-order valence-electron chi connectivity index (χ0n) is 25.7. The molecule has 10 heteroatoms. The predicted molar refractivity (Wildman–Crippen MR) is 181 cm³/mol. The van der Waals surface area contributed by atoms with Gasteiger partial charge in [0, 0.05) is 19.0 Å². The minimum absolute atomic E-state index is 0.0100. The number of hydrogen-bond acceptors (Lipinski definition) is 4. The van der Waals surface area contributed by atoms with Gasteiger partial charge < -0.3 is 10.2 Å². The van der Waals surface area contributed by atoms with Crippen LogP contribution in [0.4, 0.5) is 5.69 Å². The molecule has 0 aromatic heterocycles. The quantitative estimate of drug-likeness (QED) is 0.177. The van der Waals surface area contributed by atoms with Crippen molar-refractivity contribution < 1.29 is 18.0 Å². The lowest BCUT2D eigenvalue weighted by Gasteiger charge is -2.34. The normalized spacial score (nSPS) is 12.1. The van der Waals surface area contributed by atoms with Crippen LogP contribution in [0.5, 0.6) is 0 Å². The maximum atomic E-state index is 14.5. The fourth-order valence-electron chi connectivity index (χ4n) is 4.91. The number of aryl methyl sites for hydroxylation is 2. The van der Waals surface area contributed by atoms with Crippen molar-refractivity contribution in [3.63, 3.8) is 0 Å². The van der Waals surface area contributed by atoms with Crippen LogP contribution < -0.4 is 9.62 Å². The zero-order valence-corrected chi connectivity index (χ0v) is 28.0. The Morgan fingerprint density at radius 2 is 1.47 bits per heavy atom. The highest BCUT2D eigenvalue weighted by Gasteiger charge is 2.35. The fraction of sp³-hybridized carbons (Fsp3) is 0.257. The zero-order chi connectivity index (χ0) is 32.7. The second-order valence-electron chi connectivity index (χ2n) is 11.2. The van der Waals surface area contributed by atoms with E-state index in [4.69, 9.17) is 23.2 Å². The molecule has 0 radical (unpaired) electrons. The first-order valence-electron chi connectivity index (χ1n) is 14.6. The molecule has 0 spiro atoms. The second-order valence-corrected chi connectivity index (χ2v) is 13.9. The third-order valence-electron chi connectivity index (χ3n) is 7.38. The molecule has 0 aliphatic rings. The van der Waals surface area contributed by atoms with E-state index >= 15 is 0 Å². The molecule has 0 aliphatic heterocycles. The molecule has 0 saturated carbocycles. The first-order chi connectivity index (χ1) is 21.4. The van der Waals surface area contributed by atoms with Crippen molar-refractivity contribution in [2.24, 2.45) is 0 Å². The fourth-order valence-corrected chi connectivity index (χ4v) is 6.61. The van der Waals surface area contributed by atoms with E-state index in [1.165, 1.54) is 35.2 Å². The molecule has 4 aromatic rings. The summed E-state index contributed by atoms with van der Waals surface area (Å²) < 4.78 is 29.3. The lowest BCUT2D eigenvalue weighted by molar-refractivity contribution is -0.140. The van der Waals surface area contributed by atoms with Crippen LogP contribution in [0.2, 0.25) is 10.0 Å². The van der Waals surface area contributed by atoms with Gasteiger partial charge in [-0.2, -0.15) is 0 Å². The molecule has 0 unspecified atom stereocenters. The number of anilines is 1. The molecular formula is C35H37Cl2N3O4S. The van der Waals surface area contributed by atoms with Crippen LogP contribution >= 0.6 is 23.2 Å². The minimum Gasteiger partial charge on any atom is -0.352 e. The molecular weight excluding hydrogens is 629 g/mol. The number of amides is 2. The monoisotopic (exact) mass is 665 g/mol. The summed E-state index contributed by atoms with van der Waals surface area (Å²) in [4.78, 5) is 29.8. The van der Waals surface area contributed by atoms with Gasteiger partial charge in [-0.1, -0.05) is 95.5 Å². The standard InChI is InChI=1S/C35H37Cl2N3O4S/c1-24(2)38-35(42)33(20-27-11-6-5-7-12-27)39(22-28-13-9-8-10-26(28)4)34(41)23-40(29-16-19-31(36)32(37)21-29)45(43,44)30-17-14-25(3)15-18-30/h5-19,21,24,33H,20,22-23H2,1-4H3,(H,38,42)/t33-/m1/s1. The van der Waals surface area contributed by atoms with Gasteiger partial charge in [0.05, 0.1) is 20.6 Å². The average Bonchev–Trinajstić information content (AvgIpc) is 3.00. The lowest BCUT2D eigenvalue weighted by atomic mass is 10.0. The van der Waals surface area contributed by atoms with Crippen molar-refractivity contribution >= 4 is 50.7 Å². The molecule has 236 valence electrons. The second kappa shape index (κ2) is 15.0. The number of benzene rings is 4. The van der Waals surface area contributed by atoms with Gasteiger partial charge in [-0.05, 0) is 74.7 Å². The van der Waals surface area contributed by atoms with E-state index in [-0.39, 0.29) is 45.5 Å². The van der Waals surface area contributed by atoms with Crippen LogP contribution in [-0.4, -0.2) is 43.8 Å². The third-order valence-corrected chi connectivity index (χ3v) is 9.91. The van der Waals surface area contributed by atoms with Crippen LogP contribution in [-0.2, 0) is 32.6 Å². The molecule has 1 N–H and O–H groups in total. The number of carbonyl (C=O) groups is 2. The molecule has 45 heavy (non-hydrogen) atoms. The summed E-state index contributed by atoms with van der Waals surface area (Å²) in [5.41, 5.74) is 3.68. The number of nitrogens with zero attached hydrogens (tertiary/aromatic N) is 2. The maximum Gasteiger partial charge on any atom is 0.264 e. The van der Waals surface area contributed by atoms with Gasteiger partial charge in [-0.15, -0.1) is 0 Å². The van der Waals surface area contributed by atoms with E-state index in [1.807, 2.05) is 82.3 Å². The first-order valence-corrected chi connectivity index (χ1v) is 16.8. The molecule has 0 aliphatic carbocycles. The van der Waals surface area contributed by atoms with E-state index in [0.717, 1.165) is 26.6 Å². The van der Waals surface area contributed by atoms with Crippen LogP contribution in [0, 0.1) is 13.8 Å². The number of sulfonamides is 1. The third kappa shape index (κ3) is 8.66. The van der Waals surface area contributed by atoms with Crippen molar-refractivity contribution in [2.75, 3.05) is 10.8 Å². The molecule has 0 saturated heterocycles. The Morgan fingerprint density at radius 1 is 0.822 bits per heavy atom. The van der Waals surface area contributed by atoms with E-state index in [2.05, 4.69) is 5.32 Å². The number of hydrogen-bond donors (Lipinski definition) is 1. The first kappa shape index (κ1) is 34.0. The summed E-state index contributed by atoms with van der Waals surface area (Å²) in [6.45, 7) is 7.00. The molecule has 0 bridgehead atoms. The van der Waals surface area contributed by atoms with Crippen molar-refractivity contribution in [1.82, 2.24) is 10.2 Å². The summed E-state index contributed by atoms with van der Waals surface area (Å²) in [7, 11) is -4.25. The predicted octanol–water partition coefficient (Wildman–Crippen LogP) is 6.97. The molecule has 4 aromatic carbocycles. The molecule has 7 nitrogen and oxygen atoms in total. The molecule has 4 rings (SSSR count). The van der Waals surface area contributed by atoms with Gasteiger partial charge >= 0.3 is 0 Å². The Kier molecular flexibility index (Phi) is 11.3. The van der Waals surface area contributed by atoms with Crippen LogP contribution in [0.1, 0.15) is 36.1 Å². The van der Waals surface area contributed by atoms with Crippen molar-refractivity contribution in [3.05, 3.63) is 129 Å². The largest absolute Gasteiger partial charge is 0.352 e. The lowest BCUT2D eigenvalue weighted by Crippen LogP contribution is -2.54. The van der Waals surface area contributed by atoms with Gasteiger partial charge in [0.2, 0.25) is 11.8 Å². The Bertz CT molecular complexity index is 1750. The number of carbonyl (C=O) groups excluding carboxylic acids is 2. The van der Waals surface area contributed by atoms with Crippen molar-refractivity contribution in [3.8, 4) is 0 Å². The topological polar surface area (TPSA) is 86.8 Å². The average molecular weight is 667 g/mol. The van der Waals surface area contributed by atoms with Crippen molar-refractivity contribution in [2.45, 2.75) is 57.6 Å². The van der Waals surface area contributed by atoms with E-state index < -0.39 is 28.5 Å². The van der Waals surface area contributed by atoms with Gasteiger partial charge in [-0.25, -0.2) is 8.42 Å². The minimum atomic E-state index is -4.25. The van der Waals surface area contributed by atoms with Gasteiger partial charge in [0.25, 0.3) is 10.0 Å². The summed E-state index contributed by atoms with van der Waals surface area (Å²) in [6.07, 6.45) is 0.231. The van der Waals surface area contributed by atoms with Gasteiger partial charge in [0.15, 0.2) is 0 Å². The van der Waals surface area contributed by atoms with E-state index in [9.17, 15) is 18.0 Å². The summed E-state index contributed by atoms with van der Waals surface area (Å²) in [5.74, 6) is -0.891. The van der Waals surface area contributed by atoms with Crippen LogP contribution in [0.15, 0.2) is 102 Å². The molecule has 0 fully saturated rings. The highest BCUT2D eigenvalue weighted by molar-refractivity contribution is 7.92. The van der Waals surface area contributed by atoms with Crippen molar-refractivity contribution in [1.29, 1.82) is 0 Å². The maximum absolute atomic E-state index is 14.5. The molecule has 2 amide bonds. The van der Waals surface area contributed by atoms with E-state index in [1.54, 1.807) is 12.1 Å². The number of halogens is 2. The van der Waals surface area contributed by atoms with Gasteiger partial charge in [-0.3, -0.25) is 13.9 Å². The summed E-state index contributed by atoms with van der Waals surface area (Å²) >= 11 is 12.5. The number of nitrogens with one attached hydrogen (secondary N) is 1. The Labute approximate surface area is 275 Å². The highest BCUT2D eigenvalue weighted by Crippen LogP contribution is 2.31. The Morgan fingerprint density at radius 3 is 2.09 bits per heavy atom. The number of rotatable bonds is 12. The smallest absolute Gasteiger partial charge is 0.264 e. The summed E-state index contributed by atoms with van der Waals surface area (Å²) in [6, 6.07) is 26.7. The Hall–Kier alpha value is -3.85. The highest BCUT2D eigenvalue weighted by atomic mass is 35.5. The van der Waals surface area contributed by atoms with Crippen LogP contribution in [0.25, 0.3) is 0 Å². The van der Waals surface area contributed by atoms with Crippen LogP contribution in [0.3, 0.4) is 0 Å². The molecule has 0 heterocycles. The summed E-state index contributed by atoms with van der Waals surface area (Å²) in [5, 5.41) is 3.35. The SMILES string of the molecule is Cc1ccc(S(=O)(=O)N(CC(=O)N(Cc2ccccc2C)[C@H](Cc2ccccc2)C(=O)NC(C)C)c2ccc(Cl)c(Cl)c2)cc1. The Balaban J connectivity index is 1.83.